The monoisotopic (exact) mass is 302 g/mol. The van der Waals surface area contributed by atoms with Crippen LogP contribution in [-0.2, 0) is 6.54 Å². The number of rotatable bonds is 5. The van der Waals surface area contributed by atoms with Gasteiger partial charge in [-0.2, -0.15) is 0 Å². The third-order valence-electron chi connectivity index (χ3n) is 3.94. The van der Waals surface area contributed by atoms with Gasteiger partial charge in [0, 0.05) is 11.6 Å². The average Bonchev–Trinajstić information content (AvgIpc) is 3.20. The van der Waals surface area contributed by atoms with Gasteiger partial charge in [-0.3, -0.25) is 0 Å². The number of halogens is 1. The van der Waals surface area contributed by atoms with Gasteiger partial charge in [0.2, 0.25) is 0 Å². The molecule has 22 heavy (non-hydrogen) atoms. The second kappa shape index (κ2) is 6.22. The van der Waals surface area contributed by atoms with Gasteiger partial charge in [-0.05, 0) is 38.0 Å². The summed E-state index contributed by atoms with van der Waals surface area (Å²) in [5.74, 6) is 0.419. The minimum absolute atomic E-state index is 0.186. The third kappa shape index (κ3) is 3.13. The zero-order chi connectivity index (χ0) is 15.5. The van der Waals surface area contributed by atoms with Gasteiger partial charge in [-0.1, -0.05) is 18.2 Å². The highest BCUT2D eigenvalue weighted by Crippen LogP contribution is 2.35. The summed E-state index contributed by atoms with van der Waals surface area (Å²) in [6, 6.07) is 9.90. The smallest absolute Gasteiger partial charge is 0.318 e. The maximum absolute atomic E-state index is 14.0. The fourth-order valence-electron chi connectivity index (χ4n) is 2.64. The zero-order valence-electron chi connectivity index (χ0n) is 12.5. The molecule has 3 rings (SSSR count). The predicted octanol–water partition coefficient (Wildman–Crippen LogP) is 3.85. The van der Waals surface area contributed by atoms with Crippen LogP contribution in [0.1, 0.15) is 37.1 Å². The first-order valence-corrected chi connectivity index (χ1v) is 7.50. The van der Waals surface area contributed by atoms with Crippen LogP contribution >= 0.6 is 0 Å². The van der Waals surface area contributed by atoms with E-state index in [1.807, 2.05) is 13.0 Å². The van der Waals surface area contributed by atoms with E-state index in [-0.39, 0.29) is 23.9 Å². The Labute approximate surface area is 128 Å². The molecule has 1 aromatic carbocycles. The van der Waals surface area contributed by atoms with Crippen LogP contribution in [-0.4, -0.2) is 17.0 Å². The number of amides is 2. The summed E-state index contributed by atoms with van der Waals surface area (Å²) in [5, 5.41) is 2.85. The number of hydrogen-bond acceptors (Lipinski definition) is 2. The summed E-state index contributed by atoms with van der Waals surface area (Å²) in [7, 11) is 0. The Morgan fingerprint density at radius 1 is 1.36 bits per heavy atom. The lowest BCUT2D eigenvalue weighted by Crippen LogP contribution is -2.42. The van der Waals surface area contributed by atoms with Gasteiger partial charge >= 0.3 is 6.03 Å². The Morgan fingerprint density at radius 2 is 2.14 bits per heavy atom. The van der Waals surface area contributed by atoms with E-state index < -0.39 is 0 Å². The van der Waals surface area contributed by atoms with Crippen molar-refractivity contribution in [2.45, 2.75) is 38.4 Å². The number of carbonyl (C=O) groups is 1. The normalized spacial score (nSPS) is 15.4. The largest absolute Gasteiger partial charge is 0.467 e. The van der Waals surface area contributed by atoms with E-state index >= 15 is 0 Å². The molecule has 1 aliphatic rings. The van der Waals surface area contributed by atoms with E-state index in [4.69, 9.17) is 4.42 Å². The number of urea groups is 1. The van der Waals surface area contributed by atoms with Crippen molar-refractivity contribution in [3.63, 3.8) is 0 Å². The molecule has 1 atom stereocenters. The maximum Gasteiger partial charge on any atom is 0.318 e. The van der Waals surface area contributed by atoms with Crippen molar-refractivity contribution >= 4 is 6.03 Å². The van der Waals surface area contributed by atoms with Gasteiger partial charge in [-0.15, -0.1) is 0 Å². The van der Waals surface area contributed by atoms with Crippen molar-refractivity contribution in [2.75, 3.05) is 0 Å². The van der Waals surface area contributed by atoms with Crippen LogP contribution in [0, 0.1) is 5.82 Å². The number of carbonyl (C=O) groups excluding carboxylic acids is 1. The van der Waals surface area contributed by atoms with Crippen molar-refractivity contribution < 1.29 is 13.6 Å². The minimum atomic E-state index is -0.301. The molecule has 0 bridgehead atoms. The SMILES string of the molecule is C[C@H](c1ccccc1F)N(C(=O)NCc1ccco1)C1CC1. The lowest BCUT2D eigenvalue weighted by atomic mass is 10.1. The molecule has 0 aliphatic heterocycles. The van der Waals surface area contributed by atoms with Crippen molar-refractivity contribution in [3.05, 3.63) is 59.8 Å². The number of benzene rings is 1. The Kier molecular flexibility index (Phi) is 4.13. The molecule has 0 unspecified atom stereocenters. The van der Waals surface area contributed by atoms with Crippen LogP contribution in [0.2, 0.25) is 0 Å². The summed E-state index contributed by atoms with van der Waals surface area (Å²) in [6.45, 7) is 2.20. The molecular formula is C17H19FN2O2. The molecule has 116 valence electrons. The molecule has 1 aliphatic carbocycles. The van der Waals surface area contributed by atoms with E-state index in [0.717, 1.165) is 12.8 Å². The fraction of sp³-hybridized carbons (Fsp3) is 0.353. The molecular weight excluding hydrogens is 283 g/mol. The van der Waals surface area contributed by atoms with Crippen LogP contribution in [0.5, 0.6) is 0 Å². The third-order valence-corrected chi connectivity index (χ3v) is 3.94. The van der Waals surface area contributed by atoms with Crippen LogP contribution in [0.3, 0.4) is 0 Å². The van der Waals surface area contributed by atoms with E-state index in [0.29, 0.717) is 17.9 Å². The summed E-state index contributed by atoms with van der Waals surface area (Å²) in [5.41, 5.74) is 0.544. The molecule has 2 amide bonds. The van der Waals surface area contributed by atoms with Crippen molar-refractivity contribution in [1.29, 1.82) is 0 Å². The number of nitrogens with one attached hydrogen (secondary N) is 1. The highest BCUT2D eigenvalue weighted by Gasteiger charge is 2.37. The maximum atomic E-state index is 14.0. The molecule has 1 fully saturated rings. The van der Waals surface area contributed by atoms with Crippen molar-refractivity contribution in [3.8, 4) is 0 Å². The zero-order valence-corrected chi connectivity index (χ0v) is 12.5. The molecule has 1 N–H and O–H groups in total. The van der Waals surface area contributed by atoms with Crippen LogP contribution in [0.15, 0.2) is 47.1 Å². The average molecular weight is 302 g/mol. The fourth-order valence-corrected chi connectivity index (χ4v) is 2.64. The van der Waals surface area contributed by atoms with Gasteiger partial charge in [-0.25, -0.2) is 9.18 Å². The van der Waals surface area contributed by atoms with Crippen molar-refractivity contribution in [1.82, 2.24) is 10.2 Å². The number of furan rings is 1. The molecule has 1 heterocycles. The van der Waals surface area contributed by atoms with E-state index in [1.165, 1.54) is 6.07 Å². The van der Waals surface area contributed by atoms with Crippen LogP contribution < -0.4 is 5.32 Å². The quantitative estimate of drug-likeness (QED) is 0.911. The summed E-state index contributed by atoms with van der Waals surface area (Å²) in [6.07, 6.45) is 3.50. The topological polar surface area (TPSA) is 45.5 Å². The molecule has 1 saturated carbocycles. The first-order chi connectivity index (χ1) is 10.7. The van der Waals surface area contributed by atoms with Gasteiger partial charge in [0.1, 0.15) is 11.6 Å². The lowest BCUT2D eigenvalue weighted by molar-refractivity contribution is 0.172. The van der Waals surface area contributed by atoms with E-state index in [1.54, 1.807) is 35.4 Å². The van der Waals surface area contributed by atoms with E-state index in [9.17, 15) is 9.18 Å². The summed E-state index contributed by atoms with van der Waals surface area (Å²) >= 11 is 0. The Hall–Kier alpha value is -2.30. The summed E-state index contributed by atoms with van der Waals surface area (Å²) < 4.78 is 19.2. The molecule has 0 saturated heterocycles. The van der Waals surface area contributed by atoms with Gasteiger partial charge in [0.25, 0.3) is 0 Å². The molecule has 4 nitrogen and oxygen atoms in total. The van der Waals surface area contributed by atoms with E-state index in [2.05, 4.69) is 5.32 Å². The number of hydrogen-bond donors (Lipinski definition) is 1. The Balaban J connectivity index is 1.72. The van der Waals surface area contributed by atoms with Gasteiger partial charge in [0.05, 0.1) is 18.8 Å². The molecule has 0 spiro atoms. The molecule has 5 heteroatoms. The minimum Gasteiger partial charge on any atom is -0.467 e. The van der Waals surface area contributed by atoms with Crippen LogP contribution in [0.4, 0.5) is 9.18 Å². The number of nitrogens with zero attached hydrogens (tertiary/aromatic N) is 1. The van der Waals surface area contributed by atoms with Gasteiger partial charge in [0.15, 0.2) is 0 Å². The second-order valence-corrected chi connectivity index (χ2v) is 5.57. The van der Waals surface area contributed by atoms with Crippen molar-refractivity contribution in [2.24, 2.45) is 0 Å². The Bertz CT molecular complexity index is 638. The highest BCUT2D eigenvalue weighted by molar-refractivity contribution is 5.75. The lowest BCUT2D eigenvalue weighted by Gasteiger charge is -2.30. The predicted molar refractivity (Wildman–Crippen MR) is 80.6 cm³/mol. The molecule has 0 radical (unpaired) electrons. The highest BCUT2D eigenvalue weighted by atomic mass is 19.1. The standard InChI is InChI=1S/C17H19FN2O2/c1-12(15-6-2-3-7-16(15)18)20(13-8-9-13)17(21)19-11-14-5-4-10-22-14/h2-7,10,12-13H,8-9,11H2,1H3,(H,19,21)/t12-/m1/s1. The Morgan fingerprint density at radius 3 is 2.77 bits per heavy atom. The molecule has 2 aromatic rings. The first-order valence-electron chi connectivity index (χ1n) is 7.50. The summed E-state index contributed by atoms with van der Waals surface area (Å²) in [4.78, 5) is 14.2. The van der Waals surface area contributed by atoms with Crippen LogP contribution in [0.25, 0.3) is 0 Å². The van der Waals surface area contributed by atoms with Gasteiger partial charge < -0.3 is 14.6 Å². The molecule has 1 aromatic heterocycles. The first kappa shape index (κ1) is 14.6. The second-order valence-electron chi connectivity index (χ2n) is 5.57.